The molecule has 1 fully saturated rings. The molecule has 134 valence electrons. The van der Waals surface area contributed by atoms with Crippen molar-refractivity contribution in [3.63, 3.8) is 0 Å². The van der Waals surface area contributed by atoms with Crippen LogP contribution in [0.1, 0.15) is 18.0 Å². The predicted molar refractivity (Wildman–Crippen MR) is 97.2 cm³/mol. The van der Waals surface area contributed by atoms with E-state index in [-0.39, 0.29) is 18.7 Å². The smallest absolute Gasteiger partial charge is 0.322 e. The monoisotopic (exact) mass is 354 g/mol. The van der Waals surface area contributed by atoms with Gasteiger partial charge in [0.25, 0.3) is 0 Å². The van der Waals surface area contributed by atoms with Gasteiger partial charge in [-0.3, -0.25) is 9.29 Å². The lowest BCUT2D eigenvalue weighted by atomic mass is 10.1. The number of amides is 2. The molecule has 1 aromatic heterocycles. The van der Waals surface area contributed by atoms with E-state index in [2.05, 4.69) is 15.3 Å². The van der Waals surface area contributed by atoms with Crippen LogP contribution in [0.15, 0.2) is 48.8 Å². The fraction of sp³-hybridized carbons (Fsp3) is 0.263. The molecule has 6 nitrogen and oxygen atoms in total. The number of carbonyl (C=O) groups is 1. The topological polar surface area (TPSA) is 70.2 Å². The van der Waals surface area contributed by atoms with Crippen LogP contribution in [0.5, 0.6) is 5.75 Å². The predicted octanol–water partition coefficient (Wildman–Crippen LogP) is 3.57. The second-order valence-electron chi connectivity index (χ2n) is 6.14. The highest BCUT2D eigenvalue weighted by atomic mass is 19.1. The number of aromatic amines is 1. The number of aromatic nitrogens is 2. The van der Waals surface area contributed by atoms with E-state index in [9.17, 15) is 9.18 Å². The first-order valence-electron chi connectivity index (χ1n) is 8.55. The third kappa shape index (κ3) is 3.08. The van der Waals surface area contributed by atoms with Crippen molar-refractivity contribution in [1.29, 1.82) is 0 Å². The SMILES string of the molecule is O=C1NC[C@H](c2ccc(OCCCF)cc2)N1c1ccc2nc[nH]c2c1. The van der Waals surface area contributed by atoms with Gasteiger partial charge in [0.15, 0.2) is 0 Å². The van der Waals surface area contributed by atoms with E-state index >= 15 is 0 Å². The summed E-state index contributed by atoms with van der Waals surface area (Å²) in [4.78, 5) is 21.4. The molecular formula is C19H19FN4O2. The zero-order chi connectivity index (χ0) is 17.9. The zero-order valence-corrected chi connectivity index (χ0v) is 14.1. The highest BCUT2D eigenvalue weighted by Crippen LogP contribution is 2.32. The summed E-state index contributed by atoms with van der Waals surface area (Å²) in [6, 6.07) is 13.1. The summed E-state index contributed by atoms with van der Waals surface area (Å²) in [7, 11) is 0. The van der Waals surface area contributed by atoms with Crippen LogP contribution in [-0.2, 0) is 0 Å². The van der Waals surface area contributed by atoms with Crippen molar-refractivity contribution < 1.29 is 13.9 Å². The number of halogens is 1. The summed E-state index contributed by atoms with van der Waals surface area (Å²) < 4.78 is 17.6. The van der Waals surface area contributed by atoms with Crippen molar-refractivity contribution in [3.8, 4) is 5.75 Å². The van der Waals surface area contributed by atoms with Crippen LogP contribution in [0.2, 0.25) is 0 Å². The van der Waals surface area contributed by atoms with Crippen molar-refractivity contribution in [3.05, 3.63) is 54.4 Å². The summed E-state index contributed by atoms with van der Waals surface area (Å²) in [5.41, 5.74) is 3.56. The summed E-state index contributed by atoms with van der Waals surface area (Å²) in [5.74, 6) is 0.699. The number of fused-ring (bicyclic) bond motifs is 1. The highest BCUT2D eigenvalue weighted by molar-refractivity contribution is 5.97. The van der Waals surface area contributed by atoms with Crippen molar-refractivity contribution >= 4 is 22.8 Å². The summed E-state index contributed by atoms with van der Waals surface area (Å²) in [6.07, 6.45) is 2.02. The molecule has 2 heterocycles. The van der Waals surface area contributed by atoms with E-state index in [1.165, 1.54) is 0 Å². The van der Waals surface area contributed by atoms with Gasteiger partial charge >= 0.3 is 6.03 Å². The fourth-order valence-corrected chi connectivity index (χ4v) is 3.17. The summed E-state index contributed by atoms with van der Waals surface area (Å²) in [5, 5.41) is 2.90. The third-order valence-corrected chi connectivity index (χ3v) is 4.47. The maximum absolute atomic E-state index is 12.4. The molecule has 0 aliphatic carbocycles. The number of H-pyrrole nitrogens is 1. The molecule has 0 saturated carbocycles. The molecule has 7 heteroatoms. The minimum atomic E-state index is -0.385. The molecule has 1 aliphatic rings. The lowest BCUT2D eigenvalue weighted by molar-refractivity contribution is 0.251. The molecule has 1 atom stereocenters. The Kier molecular flexibility index (Phi) is 4.43. The number of alkyl halides is 1. The van der Waals surface area contributed by atoms with E-state index in [1.807, 2.05) is 42.5 Å². The quantitative estimate of drug-likeness (QED) is 0.665. The van der Waals surface area contributed by atoms with Gasteiger partial charge in [-0.2, -0.15) is 0 Å². The van der Waals surface area contributed by atoms with Crippen LogP contribution < -0.4 is 15.0 Å². The van der Waals surface area contributed by atoms with Crippen molar-refractivity contribution in [2.75, 3.05) is 24.7 Å². The Hall–Kier alpha value is -3.09. The second-order valence-corrected chi connectivity index (χ2v) is 6.14. The first-order chi connectivity index (χ1) is 12.8. The molecule has 2 aromatic carbocycles. The van der Waals surface area contributed by atoms with Crippen LogP contribution in [0.3, 0.4) is 0 Å². The lowest BCUT2D eigenvalue weighted by Gasteiger charge is -2.23. The van der Waals surface area contributed by atoms with Crippen LogP contribution >= 0.6 is 0 Å². The van der Waals surface area contributed by atoms with E-state index in [0.717, 1.165) is 22.3 Å². The van der Waals surface area contributed by atoms with Crippen molar-refractivity contribution in [1.82, 2.24) is 15.3 Å². The number of carbonyl (C=O) groups excluding carboxylic acids is 1. The third-order valence-electron chi connectivity index (χ3n) is 4.47. The van der Waals surface area contributed by atoms with Gasteiger partial charge in [0.1, 0.15) is 5.75 Å². The number of imidazole rings is 1. The lowest BCUT2D eigenvalue weighted by Crippen LogP contribution is -2.29. The Bertz CT molecular complexity index is 909. The zero-order valence-electron chi connectivity index (χ0n) is 14.1. The van der Waals surface area contributed by atoms with Crippen LogP contribution in [0, 0.1) is 0 Å². The molecule has 0 spiro atoms. The maximum atomic E-state index is 12.4. The van der Waals surface area contributed by atoms with Gasteiger partial charge in [0.2, 0.25) is 0 Å². The highest BCUT2D eigenvalue weighted by Gasteiger charge is 2.33. The Morgan fingerprint density at radius 1 is 1.23 bits per heavy atom. The molecule has 2 N–H and O–H groups in total. The normalized spacial score (nSPS) is 16.9. The molecule has 1 aliphatic heterocycles. The minimum Gasteiger partial charge on any atom is -0.494 e. The number of ether oxygens (including phenoxy) is 1. The molecule has 0 bridgehead atoms. The van der Waals surface area contributed by atoms with Gasteiger partial charge in [0.05, 0.1) is 36.7 Å². The number of nitrogens with one attached hydrogen (secondary N) is 2. The Balaban J connectivity index is 1.57. The van der Waals surface area contributed by atoms with E-state index in [1.54, 1.807) is 11.2 Å². The molecule has 4 rings (SSSR count). The van der Waals surface area contributed by atoms with Gasteiger partial charge in [-0.15, -0.1) is 0 Å². The fourth-order valence-electron chi connectivity index (χ4n) is 3.17. The van der Waals surface area contributed by atoms with E-state index in [4.69, 9.17) is 4.74 Å². The van der Waals surface area contributed by atoms with Gasteiger partial charge in [-0.05, 0) is 35.9 Å². The Morgan fingerprint density at radius 2 is 2.08 bits per heavy atom. The first kappa shape index (κ1) is 16.4. The standard InChI is InChI=1S/C19H19FN4O2/c20-8-1-9-26-15-5-2-13(3-6-15)18-11-21-19(25)24(18)14-4-7-16-17(10-14)23-12-22-16/h2-7,10,12,18H,1,8-9,11H2,(H,21,25)(H,22,23)/t18-/m1/s1. The molecule has 1 saturated heterocycles. The molecule has 0 radical (unpaired) electrons. The molecule has 26 heavy (non-hydrogen) atoms. The van der Waals surface area contributed by atoms with Crippen LogP contribution in [-0.4, -0.2) is 35.8 Å². The molecule has 2 amide bonds. The Labute approximate surface area is 150 Å². The molecule has 3 aromatic rings. The second kappa shape index (κ2) is 7.03. The number of anilines is 1. The number of nitrogens with zero attached hydrogens (tertiary/aromatic N) is 2. The summed E-state index contributed by atoms with van der Waals surface area (Å²) >= 11 is 0. The maximum Gasteiger partial charge on any atom is 0.322 e. The summed E-state index contributed by atoms with van der Waals surface area (Å²) in [6.45, 7) is 0.501. The number of hydrogen-bond acceptors (Lipinski definition) is 3. The van der Waals surface area contributed by atoms with E-state index in [0.29, 0.717) is 25.3 Å². The molecular weight excluding hydrogens is 335 g/mol. The number of urea groups is 1. The first-order valence-corrected chi connectivity index (χ1v) is 8.55. The number of benzene rings is 2. The Morgan fingerprint density at radius 3 is 2.88 bits per heavy atom. The average Bonchev–Trinajstić information content (AvgIpc) is 3.28. The van der Waals surface area contributed by atoms with Crippen molar-refractivity contribution in [2.24, 2.45) is 0 Å². The van der Waals surface area contributed by atoms with E-state index < -0.39 is 0 Å². The van der Waals surface area contributed by atoms with Gasteiger partial charge in [-0.1, -0.05) is 12.1 Å². The van der Waals surface area contributed by atoms with Crippen LogP contribution in [0.4, 0.5) is 14.9 Å². The molecule has 0 unspecified atom stereocenters. The van der Waals surface area contributed by atoms with Crippen molar-refractivity contribution in [2.45, 2.75) is 12.5 Å². The average molecular weight is 354 g/mol. The number of rotatable bonds is 6. The van der Waals surface area contributed by atoms with Crippen LogP contribution in [0.25, 0.3) is 11.0 Å². The van der Waals surface area contributed by atoms with Gasteiger partial charge in [0, 0.05) is 18.7 Å². The largest absolute Gasteiger partial charge is 0.494 e. The van der Waals surface area contributed by atoms with Gasteiger partial charge < -0.3 is 15.0 Å². The number of hydrogen-bond donors (Lipinski definition) is 2. The minimum absolute atomic E-state index is 0.109. The van der Waals surface area contributed by atoms with Gasteiger partial charge in [-0.25, -0.2) is 9.78 Å².